The first-order valence-corrected chi connectivity index (χ1v) is 12.6. The van der Waals surface area contributed by atoms with Gasteiger partial charge in [0.05, 0.1) is 22.6 Å². The summed E-state index contributed by atoms with van der Waals surface area (Å²) in [5.74, 6) is 0.526. The monoisotopic (exact) mass is 532 g/mol. The smallest absolute Gasteiger partial charge is 0.315 e. The molecule has 1 atom stereocenters. The van der Waals surface area contributed by atoms with Crippen LogP contribution in [0, 0.1) is 6.92 Å². The van der Waals surface area contributed by atoms with E-state index in [1.807, 2.05) is 80.6 Å². The summed E-state index contributed by atoms with van der Waals surface area (Å²) >= 11 is 3.46. The maximum absolute atomic E-state index is 13.7. The highest BCUT2D eigenvalue weighted by molar-refractivity contribution is 9.10. The fourth-order valence-electron chi connectivity index (χ4n) is 4.07. The van der Waals surface area contributed by atoms with Gasteiger partial charge in [-0.25, -0.2) is 9.78 Å². The summed E-state index contributed by atoms with van der Waals surface area (Å²) in [6, 6.07) is 21.9. The number of carbonyl (C=O) groups is 1. The first-order chi connectivity index (χ1) is 16.9. The third kappa shape index (κ3) is 5.46. The van der Waals surface area contributed by atoms with Crippen LogP contribution in [-0.2, 0) is 0 Å². The van der Waals surface area contributed by atoms with E-state index in [4.69, 9.17) is 4.98 Å². The predicted octanol–water partition coefficient (Wildman–Crippen LogP) is 6.85. The van der Waals surface area contributed by atoms with Crippen LogP contribution in [0.15, 0.2) is 82.1 Å². The lowest BCUT2D eigenvalue weighted by Crippen LogP contribution is -2.40. The van der Waals surface area contributed by atoms with Crippen molar-refractivity contribution in [3.63, 3.8) is 0 Å². The highest BCUT2D eigenvalue weighted by Crippen LogP contribution is 2.25. The molecule has 0 saturated heterocycles. The van der Waals surface area contributed by atoms with E-state index in [-0.39, 0.29) is 11.6 Å². The Balaban J connectivity index is 1.82. The van der Waals surface area contributed by atoms with Crippen molar-refractivity contribution in [1.29, 1.82) is 0 Å². The number of carbonyl (C=O) groups excluding carboxylic acids is 1. The minimum atomic E-state index is -0.452. The van der Waals surface area contributed by atoms with E-state index in [0.29, 0.717) is 29.0 Å². The molecule has 0 fully saturated rings. The van der Waals surface area contributed by atoms with Crippen LogP contribution >= 0.6 is 15.9 Å². The van der Waals surface area contributed by atoms with Gasteiger partial charge in [-0.1, -0.05) is 65.2 Å². The van der Waals surface area contributed by atoms with E-state index in [1.54, 1.807) is 15.5 Å². The molecule has 4 aromatic rings. The minimum Gasteiger partial charge on any atom is -0.315 e. The topological polar surface area (TPSA) is 67.2 Å². The zero-order valence-electron chi connectivity index (χ0n) is 20.2. The normalized spacial score (nSPS) is 11.9. The number of amides is 2. The van der Waals surface area contributed by atoms with Gasteiger partial charge in [0.15, 0.2) is 0 Å². The molecule has 0 aliphatic carbocycles. The number of anilines is 1. The van der Waals surface area contributed by atoms with E-state index in [0.717, 1.165) is 28.6 Å². The first kappa shape index (κ1) is 24.7. The number of nitrogens with one attached hydrogen (secondary N) is 1. The number of hydrogen-bond acceptors (Lipinski definition) is 3. The zero-order valence-corrected chi connectivity index (χ0v) is 21.7. The molecule has 0 aliphatic rings. The molecule has 1 aromatic heterocycles. The molecule has 0 bridgehead atoms. The molecule has 1 unspecified atom stereocenters. The van der Waals surface area contributed by atoms with Crippen molar-refractivity contribution in [1.82, 2.24) is 14.5 Å². The van der Waals surface area contributed by atoms with Gasteiger partial charge < -0.3 is 10.2 Å². The van der Waals surface area contributed by atoms with Gasteiger partial charge in [0, 0.05) is 16.7 Å². The van der Waals surface area contributed by atoms with Crippen LogP contribution < -0.4 is 10.9 Å². The Labute approximate surface area is 213 Å². The average molecular weight is 533 g/mol. The second-order valence-corrected chi connectivity index (χ2v) is 9.54. The molecule has 3 aromatic carbocycles. The number of nitrogens with zero attached hydrogens (tertiary/aromatic N) is 3. The van der Waals surface area contributed by atoms with Crippen molar-refractivity contribution in [2.45, 2.75) is 39.7 Å². The molecular formula is C28H29BrN4O2. The highest BCUT2D eigenvalue weighted by atomic mass is 79.9. The van der Waals surface area contributed by atoms with Crippen LogP contribution in [0.3, 0.4) is 0 Å². The predicted molar refractivity (Wildman–Crippen MR) is 145 cm³/mol. The molecular weight excluding hydrogens is 504 g/mol. The van der Waals surface area contributed by atoms with Crippen molar-refractivity contribution in [2.24, 2.45) is 0 Å². The van der Waals surface area contributed by atoms with Gasteiger partial charge in [-0.3, -0.25) is 9.36 Å². The van der Waals surface area contributed by atoms with E-state index in [1.165, 1.54) is 0 Å². The molecule has 7 heteroatoms. The van der Waals surface area contributed by atoms with E-state index in [9.17, 15) is 9.59 Å². The highest BCUT2D eigenvalue weighted by Gasteiger charge is 2.26. The number of aromatic nitrogens is 2. The number of benzene rings is 3. The van der Waals surface area contributed by atoms with Crippen LogP contribution in [-0.4, -0.2) is 27.0 Å². The maximum atomic E-state index is 13.7. The van der Waals surface area contributed by atoms with Crippen LogP contribution in [0.25, 0.3) is 16.6 Å². The molecule has 0 spiro atoms. The van der Waals surface area contributed by atoms with Gasteiger partial charge in [-0.05, 0) is 62.7 Å². The Morgan fingerprint density at radius 1 is 1.09 bits per heavy atom. The Morgan fingerprint density at radius 2 is 1.83 bits per heavy atom. The third-order valence-electron chi connectivity index (χ3n) is 6.02. The summed E-state index contributed by atoms with van der Waals surface area (Å²) < 4.78 is 2.52. The Hall–Kier alpha value is -3.45. The molecule has 2 amide bonds. The first-order valence-electron chi connectivity index (χ1n) is 11.8. The van der Waals surface area contributed by atoms with Gasteiger partial charge in [-0.15, -0.1) is 0 Å². The number of hydrogen-bond donors (Lipinski definition) is 1. The summed E-state index contributed by atoms with van der Waals surface area (Å²) in [5.41, 5.74) is 2.99. The SMILES string of the molecule is CCCCN(C(=O)Nc1cccc(Br)c1)C(C)c1nc2ccccc2c(=O)n1-c1ccc(C)cc1. The number of unbranched alkanes of at least 4 members (excludes halogenated alkanes) is 1. The standard InChI is InChI=1S/C28H29BrN4O2/c1-4-5-17-32(28(35)30-22-10-8-9-21(29)18-22)20(3)26-31-25-12-7-6-11-24(25)27(34)33(26)23-15-13-19(2)14-16-23/h6-16,18,20H,4-5,17H2,1-3H3,(H,30,35). The lowest BCUT2D eigenvalue weighted by atomic mass is 10.1. The maximum Gasteiger partial charge on any atom is 0.322 e. The van der Waals surface area contributed by atoms with Crippen LogP contribution in [0.2, 0.25) is 0 Å². The van der Waals surface area contributed by atoms with Gasteiger partial charge in [0.2, 0.25) is 0 Å². The van der Waals surface area contributed by atoms with Crippen molar-refractivity contribution >= 4 is 38.6 Å². The molecule has 6 nitrogen and oxygen atoms in total. The van der Waals surface area contributed by atoms with Crippen molar-refractivity contribution in [3.05, 3.63) is 99.0 Å². The van der Waals surface area contributed by atoms with Crippen molar-refractivity contribution < 1.29 is 4.79 Å². The summed E-state index contributed by atoms with van der Waals surface area (Å²) in [5, 5.41) is 3.55. The van der Waals surface area contributed by atoms with Crippen LogP contribution in [0.1, 0.15) is 44.1 Å². The molecule has 180 valence electrons. The lowest BCUT2D eigenvalue weighted by Gasteiger charge is -2.30. The molecule has 1 heterocycles. The van der Waals surface area contributed by atoms with Gasteiger partial charge >= 0.3 is 6.03 Å². The number of aryl methyl sites for hydroxylation is 1. The zero-order chi connectivity index (χ0) is 24.9. The number of halogens is 1. The van der Waals surface area contributed by atoms with Gasteiger partial charge in [0.25, 0.3) is 5.56 Å². The van der Waals surface area contributed by atoms with Crippen molar-refractivity contribution in [3.8, 4) is 5.69 Å². The fraction of sp³-hybridized carbons (Fsp3) is 0.250. The molecule has 35 heavy (non-hydrogen) atoms. The second-order valence-electron chi connectivity index (χ2n) is 8.63. The van der Waals surface area contributed by atoms with E-state index < -0.39 is 6.04 Å². The lowest BCUT2D eigenvalue weighted by molar-refractivity contribution is 0.188. The molecule has 4 rings (SSSR count). The summed E-state index contributed by atoms with van der Waals surface area (Å²) in [6.07, 6.45) is 1.77. The summed E-state index contributed by atoms with van der Waals surface area (Å²) in [6.45, 7) is 6.56. The second kappa shape index (κ2) is 10.9. The summed E-state index contributed by atoms with van der Waals surface area (Å²) in [7, 11) is 0. The Morgan fingerprint density at radius 3 is 2.54 bits per heavy atom. The number of rotatable bonds is 7. The summed E-state index contributed by atoms with van der Waals surface area (Å²) in [4.78, 5) is 33.8. The Bertz CT molecular complexity index is 1400. The van der Waals surface area contributed by atoms with Gasteiger partial charge in [0.1, 0.15) is 5.82 Å². The number of urea groups is 1. The van der Waals surface area contributed by atoms with Gasteiger partial charge in [-0.2, -0.15) is 0 Å². The third-order valence-corrected chi connectivity index (χ3v) is 6.52. The van der Waals surface area contributed by atoms with Crippen molar-refractivity contribution in [2.75, 3.05) is 11.9 Å². The fourth-order valence-corrected chi connectivity index (χ4v) is 4.47. The number of fused-ring (bicyclic) bond motifs is 1. The van der Waals surface area contributed by atoms with Crippen LogP contribution in [0.4, 0.5) is 10.5 Å². The quantitative estimate of drug-likeness (QED) is 0.283. The van der Waals surface area contributed by atoms with Crippen LogP contribution in [0.5, 0.6) is 0 Å². The molecule has 0 radical (unpaired) electrons. The van der Waals surface area contributed by atoms with E-state index >= 15 is 0 Å². The largest absolute Gasteiger partial charge is 0.322 e. The molecule has 0 aliphatic heterocycles. The average Bonchev–Trinajstić information content (AvgIpc) is 2.85. The number of para-hydroxylation sites is 1. The van der Waals surface area contributed by atoms with E-state index in [2.05, 4.69) is 28.2 Å². The Kier molecular flexibility index (Phi) is 7.66. The molecule has 0 saturated carbocycles. The minimum absolute atomic E-state index is 0.149. The molecule has 1 N–H and O–H groups in total.